The lowest BCUT2D eigenvalue weighted by atomic mass is 10.2. The number of nitrogens with zero attached hydrogens (tertiary/aromatic N) is 2. The third kappa shape index (κ3) is 2.47. The van der Waals surface area contributed by atoms with E-state index in [0.717, 1.165) is 21.1 Å². The molecule has 108 valence electrons. The quantitative estimate of drug-likeness (QED) is 0.544. The summed E-state index contributed by atoms with van der Waals surface area (Å²) in [6.45, 7) is 3.87. The second-order valence-electron chi connectivity index (χ2n) is 4.96. The van der Waals surface area contributed by atoms with Gasteiger partial charge in [0.05, 0.1) is 22.1 Å². The highest BCUT2D eigenvalue weighted by Crippen LogP contribution is 2.33. The van der Waals surface area contributed by atoms with E-state index in [1.807, 2.05) is 36.6 Å². The lowest BCUT2D eigenvalue weighted by Crippen LogP contribution is -2.04. The van der Waals surface area contributed by atoms with Crippen molar-refractivity contribution < 1.29 is 4.39 Å². The second-order valence-corrected chi connectivity index (χ2v) is 6.47. The van der Waals surface area contributed by atoms with Crippen LogP contribution in [0, 0.1) is 12.7 Å². The van der Waals surface area contributed by atoms with Crippen molar-refractivity contribution in [3.8, 4) is 5.69 Å². The first-order chi connectivity index (χ1) is 9.99. The zero-order valence-electron chi connectivity index (χ0n) is 11.6. The minimum Gasteiger partial charge on any atom is -0.294 e. The van der Waals surface area contributed by atoms with Crippen LogP contribution in [0.25, 0.3) is 16.7 Å². The van der Waals surface area contributed by atoms with E-state index in [9.17, 15) is 4.39 Å². The summed E-state index contributed by atoms with van der Waals surface area (Å²) in [7, 11) is 0. The van der Waals surface area contributed by atoms with Crippen LogP contribution < -0.4 is 0 Å². The predicted octanol–water partition coefficient (Wildman–Crippen LogP) is 5.54. The molecule has 1 aromatic heterocycles. The molecule has 5 heteroatoms. The van der Waals surface area contributed by atoms with Crippen LogP contribution >= 0.6 is 27.5 Å². The number of benzene rings is 2. The highest BCUT2D eigenvalue weighted by molar-refractivity contribution is 9.10. The molecule has 0 saturated carbocycles. The smallest absolute Gasteiger partial charge is 0.132 e. The maximum atomic E-state index is 13.7. The van der Waals surface area contributed by atoms with E-state index < -0.39 is 0 Å². The van der Waals surface area contributed by atoms with Crippen LogP contribution in [-0.4, -0.2) is 9.55 Å². The van der Waals surface area contributed by atoms with Gasteiger partial charge in [0.25, 0.3) is 0 Å². The first-order valence-corrected chi connectivity index (χ1v) is 7.79. The number of halogens is 3. The summed E-state index contributed by atoms with van der Waals surface area (Å²) >= 11 is 9.77. The van der Waals surface area contributed by atoms with Crippen molar-refractivity contribution in [3.05, 3.63) is 58.1 Å². The van der Waals surface area contributed by atoms with Gasteiger partial charge in [0.15, 0.2) is 0 Å². The van der Waals surface area contributed by atoms with Gasteiger partial charge in [-0.2, -0.15) is 0 Å². The Kier molecular flexibility index (Phi) is 3.76. The Morgan fingerprint density at radius 2 is 2.05 bits per heavy atom. The highest BCUT2D eigenvalue weighted by Gasteiger charge is 2.19. The van der Waals surface area contributed by atoms with Crippen molar-refractivity contribution in [2.24, 2.45) is 0 Å². The molecule has 0 aliphatic heterocycles. The van der Waals surface area contributed by atoms with Crippen molar-refractivity contribution >= 4 is 38.6 Å². The number of aromatic nitrogens is 2. The maximum Gasteiger partial charge on any atom is 0.132 e. The molecule has 1 unspecified atom stereocenters. The molecule has 2 aromatic carbocycles. The topological polar surface area (TPSA) is 17.8 Å². The van der Waals surface area contributed by atoms with Gasteiger partial charge in [-0.3, -0.25) is 4.57 Å². The largest absolute Gasteiger partial charge is 0.294 e. The van der Waals surface area contributed by atoms with Crippen LogP contribution in [0.1, 0.15) is 23.7 Å². The molecular formula is C16H13BrClFN2. The van der Waals surface area contributed by atoms with Crippen molar-refractivity contribution in [3.63, 3.8) is 0 Å². The lowest BCUT2D eigenvalue weighted by Gasteiger charge is -2.13. The Balaban J connectivity index is 2.44. The zero-order chi connectivity index (χ0) is 15.1. The van der Waals surface area contributed by atoms with Gasteiger partial charge in [-0.1, -0.05) is 12.1 Å². The van der Waals surface area contributed by atoms with Gasteiger partial charge < -0.3 is 0 Å². The Bertz CT molecular complexity index is 827. The van der Waals surface area contributed by atoms with Gasteiger partial charge in [0, 0.05) is 4.47 Å². The molecule has 0 aliphatic carbocycles. The first kappa shape index (κ1) is 14.5. The highest BCUT2D eigenvalue weighted by atomic mass is 79.9. The zero-order valence-corrected chi connectivity index (χ0v) is 13.9. The Morgan fingerprint density at radius 1 is 1.29 bits per heavy atom. The Labute approximate surface area is 135 Å². The third-order valence-corrected chi connectivity index (χ3v) is 4.27. The van der Waals surface area contributed by atoms with Crippen molar-refractivity contribution in [2.45, 2.75) is 19.2 Å². The molecule has 1 heterocycles. The van der Waals surface area contributed by atoms with Gasteiger partial charge in [-0.05, 0) is 59.6 Å². The van der Waals surface area contributed by atoms with Gasteiger partial charge in [0.1, 0.15) is 11.6 Å². The summed E-state index contributed by atoms with van der Waals surface area (Å²) in [6, 6.07) is 10.5. The molecule has 0 spiro atoms. The van der Waals surface area contributed by atoms with Crippen molar-refractivity contribution in [1.82, 2.24) is 9.55 Å². The van der Waals surface area contributed by atoms with E-state index in [4.69, 9.17) is 11.6 Å². The molecule has 0 fully saturated rings. The van der Waals surface area contributed by atoms with Crippen molar-refractivity contribution in [2.75, 3.05) is 0 Å². The van der Waals surface area contributed by atoms with Gasteiger partial charge in [-0.15, -0.1) is 11.6 Å². The number of imidazole rings is 1. The molecule has 21 heavy (non-hydrogen) atoms. The second kappa shape index (κ2) is 5.43. The molecule has 3 rings (SSSR count). The monoisotopic (exact) mass is 366 g/mol. The van der Waals surface area contributed by atoms with E-state index >= 15 is 0 Å². The summed E-state index contributed by atoms with van der Waals surface area (Å²) in [5, 5.41) is -0.285. The number of fused-ring (bicyclic) bond motifs is 1. The molecule has 1 atom stereocenters. The van der Waals surface area contributed by atoms with Crippen LogP contribution in [0.5, 0.6) is 0 Å². The molecule has 0 aliphatic rings. The lowest BCUT2D eigenvalue weighted by molar-refractivity contribution is 0.626. The maximum absolute atomic E-state index is 13.7. The average Bonchev–Trinajstić information content (AvgIpc) is 2.82. The molecule has 2 nitrogen and oxygen atoms in total. The molecule has 0 saturated heterocycles. The third-order valence-electron chi connectivity index (χ3n) is 3.41. The van der Waals surface area contributed by atoms with Crippen LogP contribution in [0.15, 0.2) is 40.9 Å². The van der Waals surface area contributed by atoms with E-state index in [-0.39, 0.29) is 11.2 Å². The number of hydrogen-bond donors (Lipinski definition) is 0. The summed E-state index contributed by atoms with van der Waals surface area (Å²) in [6.07, 6.45) is 0. The molecule has 0 bridgehead atoms. The van der Waals surface area contributed by atoms with E-state index in [1.165, 1.54) is 12.1 Å². The Hall–Kier alpha value is -1.39. The molecule has 0 N–H and O–H groups in total. The van der Waals surface area contributed by atoms with Gasteiger partial charge in [0.2, 0.25) is 0 Å². The summed E-state index contributed by atoms with van der Waals surface area (Å²) in [5.41, 5.74) is 3.58. The van der Waals surface area contributed by atoms with Gasteiger partial charge in [-0.25, -0.2) is 9.37 Å². The Morgan fingerprint density at radius 3 is 2.76 bits per heavy atom. The minimum atomic E-state index is -0.295. The number of hydrogen-bond acceptors (Lipinski definition) is 1. The fourth-order valence-corrected chi connectivity index (χ4v) is 3.05. The number of rotatable bonds is 2. The molecule has 3 aromatic rings. The van der Waals surface area contributed by atoms with E-state index in [2.05, 4.69) is 20.9 Å². The van der Waals surface area contributed by atoms with Crippen LogP contribution in [0.4, 0.5) is 4.39 Å². The van der Waals surface area contributed by atoms with E-state index in [1.54, 1.807) is 6.07 Å². The standard InChI is InChI=1S/C16H13BrClFN2/c1-9-4-3-5-13-15(9)21(16(20-13)10(2)18)14-8-11(19)6-7-12(14)17/h3-8,10H,1-2H3. The van der Waals surface area contributed by atoms with E-state index in [0.29, 0.717) is 11.5 Å². The van der Waals surface area contributed by atoms with Crippen LogP contribution in [0.3, 0.4) is 0 Å². The average molecular weight is 368 g/mol. The summed E-state index contributed by atoms with van der Waals surface area (Å²) in [4.78, 5) is 4.61. The molecular weight excluding hydrogens is 355 g/mol. The van der Waals surface area contributed by atoms with Crippen LogP contribution in [-0.2, 0) is 0 Å². The fraction of sp³-hybridized carbons (Fsp3) is 0.188. The number of aryl methyl sites for hydroxylation is 1. The minimum absolute atomic E-state index is 0.285. The number of para-hydroxylation sites is 1. The first-order valence-electron chi connectivity index (χ1n) is 6.56. The molecule has 0 radical (unpaired) electrons. The van der Waals surface area contributed by atoms with Gasteiger partial charge >= 0.3 is 0 Å². The SMILES string of the molecule is Cc1cccc2nc(C(C)Cl)n(-c3cc(F)ccc3Br)c12. The fourth-order valence-electron chi connectivity index (χ4n) is 2.48. The summed E-state index contributed by atoms with van der Waals surface area (Å²) in [5.74, 6) is 0.407. The number of alkyl halides is 1. The summed E-state index contributed by atoms with van der Waals surface area (Å²) < 4.78 is 16.4. The molecule has 0 amide bonds. The van der Waals surface area contributed by atoms with Crippen LogP contribution in [0.2, 0.25) is 0 Å². The predicted molar refractivity (Wildman–Crippen MR) is 87.7 cm³/mol. The normalized spacial score (nSPS) is 12.8. The van der Waals surface area contributed by atoms with Crippen molar-refractivity contribution in [1.29, 1.82) is 0 Å².